The van der Waals surface area contributed by atoms with Crippen molar-refractivity contribution < 1.29 is 40.9 Å². The summed E-state index contributed by atoms with van der Waals surface area (Å²) in [6.45, 7) is 0. The molecule has 78 valence electrons. The van der Waals surface area contributed by atoms with Gasteiger partial charge in [-0.1, -0.05) is 0 Å². The smallest absolute Gasteiger partial charge is 0.370 e. The van der Waals surface area contributed by atoms with E-state index in [0.29, 0.717) is 0 Å². The monoisotopic (exact) mass is 387 g/mol. The Balaban J connectivity index is 0. The van der Waals surface area contributed by atoms with Crippen molar-refractivity contribution in [2.24, 2.45) is 5.90 Å². The molecule has 1 aromatic heterocycles. The van der Waals surface area contributed by atoms with Gasteiger partial charge in [0.2, 0.25) is 0 Å². The number of carbonyl (C=O) groups is 1. The van der Waals surface area contributed by atoms with Crippen LogP contribution in [-0.2, 0) is 30.7 Å². The van der Waals surface area contributed by atoms with Crippen LogP contribution in [0.25, 0.3) is 0 Å². The summed E-state index contributed by atoms with van der Waals surface area (Å²) >= 11 is 1.60. The average molecular weight is 387 g/mol. The van der Waals surface area contributed by atoms with Crippen LogP contribution in [0.3, 0.4) is 0 Å². The molecule has 0 fully saturated rings. The molecule has 0 saturated heterocycles. The molecule has 0 aromatic carbocycles. The van der Waals surface area contributed by atoms with Gasteiger partial charge in [-0.15, -0.1) is 11.3 Å². The average Bonchev–Trinajstić information content (AvgIpc) is 2.59. The number of nitrogens with two attached hydrogens (primary N) is 1. The zero-order chi connectivity index (χ0) is 9.40. The van der Waals surface area contributed by atoms with Crippen molar-refractivity contribution in [3.8, 4) is 0 Å². The fourth-order valence-corrected chi connectivity index (χ4v) is 0.588. The fraction of sp³-hybridized carbons (Fsp3) is 0.200. The number of aliphatic hydroxyl groups is 2. The van der Waals surface area contributed by atoms with E-state index >= 15 is 0 Å². The van der Waals surface area contributed by atoms with E-state index in [2.05, 4.69) is 15.7 Å². The number of aromatic nitrogens is 1. The van der Waals surface area contributed by atoms with Crippen molar-refractivity contribution in [2.45, 2.75) is 6.29 Å². The van der Waals surface area contributed by atoms with Crippen LogP contribution in [0.4, 0.5) is 0 Å². The first-order valence-electron chi connectivity index (χ1n) is 2.77. The molecule has 0 aliphatic carbocycles. The number of hydrogen-bond donors (Lipinski definition) is 3. The van der Waals surface area contributed by atoms with Crippen LogP contribution in [0.5, 0.6) is 0 Å². The van der Waals surface area contributed by atoms with Gasteiger partial charge in [0.05, 0.1) is 5.51 Å². The second-order valence-electron chi connectivity index (χ2n) is 1.49. The molecule has 0 aliphatic heterocycles. The summed E-state index contributed by atoms with van der Waals surface area (Å²) in [5.41, 5.74) is 1.79. The maximum atomic E-state index is 9.66. The maximum Gasteiger partial charge on any atom is 0.381 e. The third kappa shape index (κ3) is 9.58. The molecule has 1 rings (SSSR count). The van der Waals surface area contributed by atoms with Crippen molar-refractivity contribution in [3.05, 3.63) is 17.1 Å². The van der Waals surface area contributed by atoms with E-state index < -0.39 is 12.3 Å². The Labute approximate surface area is 92.6 Å². The number of carbonyl (C=O) groups excluding carboxylic acids is 1. The predicted octanol–water partition coefficient (Wildman–Crippen LogP) is -1.15. The second kappa shape index (κ2) is 9.75. The van der Waals surface area contributed by atoms with E-state index in [4.69, 9.17) is 10.2 Å². The van der Waals surface area contributed by atoms with Crippen LogP contribution in [0, 0.1) is 0 Å². The Hall–Kier alpha value is -0.332. The van der Waals surface area contributed by atoms with Gasteiger partial charge in [0.1, 0.15) is 0 Å². The molecule has 0 saturated carbocycles. The number of nitrogens with zero attached hydrogens (tertiary/aromatic N) is 1. The van der Waals surface area contributed by atoms with Gasteiger partial charge in [-0.25, -0.2) is 4.79 Å². The summed E-state index contributed by atoms with van der Waals surface area (Å²) < 4.78 is 0. The molecule has 8 heteroatoms. The molecule has 0 atom stereocenters. The third-order valence-corrected chi connectivity index (χ3v) is 1.20. The topological polar surface area (TPSA) is 106 Å². The van der Waals surface area contributed by atoms with Crippen molar-refractivity contribution in [1.82, 2.24) is 4.98 Å². The summed E-state index contributed by atoms with van der Waals surface area (Å²) in [4.78, 5) is 16.8. The Morgan fingerprint density at radius 3 is 2.31 bits per heavy atom. The first-order chi connectivity index (χ1) is 5.68. The van der Waals surface area contributed by atoms with Gasteiger partial charge in [0, 0.05) is 32.6 Å². The molecular formula is C5H8N2O4PtS. The van der Waals surface area contributed by atoms with Gasteiger partial charge in [-0.3, -0.25) is 4.98 Å². The van der Waals surface area contributed by atoms with Crippen LogP contribution in [-0.4, -0.2) is 27.5 Å². The van der Waals surface area contributed by atoms with Gasteiger partial charge >= 0.3 is 5.97 Å². The van der Waals surface area contributed by atoms with Gasteiger partial charge in [0.15, 0.2) is 0 Å². The summed E-state index contributed by atoms with van der Waals surface area (Å²) in [7, 11) is 0. The van der Waals surface area contributed by atoms with Crippen molar-refractivity contribution in [3.63, 3.8) is 0 Å². The number of hydrogen-bond acceptors (Lipinski definition) is 7. The van der Waals surface area contributed by atoms with Crippen LogP contribution < -0.4 is 5.90 Å². The second-order valence-corrected chi connectivity index (χ2v) is 2.24. The first-order valence-corrected chi connectivity index (χ1v) is 3.71. The summed E-state index contributed by atoms with van der Waals surface area (Å²) in [6.07, 6.45) is -0.352. The largest absolute Gasteiger partial charge is 0.381 e. The molecule has 1 aromatic rings. The molecule has 0 aliphatic rings. The third-order valence-electron chi connectivity index (χ3n) is 0.674. The molecule has 0 spiro atoms. The molecule has 0 radical (unpaired) electrons. The van der Waals surface area contributed by atoms with Gasteiger partial charge in [0.25, 0.3) is 6.29 Å². The molecule has 0 amide bonds. The molecule has 0 bridgehead atoms. The fourth-order valence-electron chi connectivity index (χ4n) is 0.237. The minimum Gasteiger partial charge on any atom is -0.370 e. The minimum absolute atomic E-state index is 0. The first kappa shape index (κ1) is 15.2. The van der Waals surface area contributed by atoms with E-state index in [0.717, 1.165) is 0 Å². The molecular weight excluding hydrogens is 379 g/mol. The van der Waals surface area contributed by atoms with E-state index in [1.807, 2.05) is 5.38 Å². The Morgan fingerprint density at radius 1 is 1.62 bits per heavy atom. The zero-order valence-electron chi connectivity index (χ0n) is 6.27. The van der Waals surface area contributed by atoms with E-state index in [-0.39, 0.29) is 21.1 Å². The van der Waals surface area contributed by atoms with Gasteiger partial charge in [-0.05, 0) is 0 Å². The van der Waals surface area contributed by atoms with Crippen molar-refractivity contribution in [1.29, 1.82) is 0 Å². The number of rotatable bonds is 1. The van der Waals surface area contributed by atoms with Crippen molar-refractivity contribution in [2.75, 3.05) is 0 Å². The zero-order valence-corrected chi connectivity index (χ0v) is 9.36. The molecule has 1 heterocycles. The van der Waals surface area contributed by atoms with Crippen LogP contribution >= 0.6 is 11.3 Å². The molecule has 6 nitrogen and oxygen atoms in total. The number of aliphatic hydroxyl groups excluding tert-OH is 1. The minimum atomic E-state index is -2.12. The summed E-state index contributed by atoms with van der Waals surface area (Å²) in [5.74, 6) is 2.94. The van der Waals surface area contributed by atoms with Crippen LogP contribution in [0.1, 0.15) is 0 Å². The summed E-state index contributed by atoms with van der Waals surface area (Å²) in [6, 6.07) is 0. The quantitative estimate of drug-likeness (QED) is 0.415. The Morgan fingerprint density at radius 2 is 2.23 bits per heavy atom. The van der Waals surface area contributed by atoms with E-state index in [1.165, 1.54) is 0 Å². The molecule has 4 N–H and O–H groups in total. The standard InChI is InChI=1S/C3H3NS.C2H5NO4.Pt/c1-2-5-3-4-1;3-7-2(6)1(4)5;/h1-3H;1,4-5H,3H2;. The predicted molar refractivity (Wildman–Crippen MR) is 40.6 cm³/mol. The Kier molecular flexibility index (Phi) is 11.4. The summed E-state index contributed by atoms with van der Waals surface area (Å²) in [5, 5.41) is 17.6. The maximum absolute atomic E-state index is 9.66. The normalized spacial score (nSPS) is 8.00. The van der Waals surface area contributed by atoms with Gasteiger partial charge in [-0.2, -0.15) is 5.90 Å². The Bertz CT molecular complexity index is 189. The molecule has 0 unspecified atom stereocenters. The van der Waals surface area contributed by atoms with Gasteiger partial charge < -0.3 is 15.1 Å². The number of thiazole rings is 1. The van der Waals surface area contributed by atoms with E-state index in [9.17, 15) is 4.79 Å². The van der Waals surface area contributed by atoms with Crippen LogP contribution in [0.15, 0.2) is 17.1 Å². The molecule has 13 heavy (non-hydrogen) atoms. The van der Waals surface area contributed by atoms with Crippen molar-refractivity contribution >= 4 is 17.3 Å². The van der Waals surface area contributed by atoms with Crippen LogP contribution in [0.2, 0.25) is 0 Å². The van der Waals surface area contributed by atoms with E-state index in [1.54, 1.807) is 23.0 Å². The SMILES string of the molecule is NOC(=O)C(O)O.[Pt].c1cscn1.